The second-order valence-corrected chi connectivity index (χ2v) is 6.60. The lowest BCUT2D eigenvalue weighted by Gasteiger charge is -2.36. The van der Waals surface area contributed by atoms with Crippen molar-refractivity contribution in [3.63, 3.8) is 0 Å². The first-order valence-electron chi connectivity index (χ1n) is 9.14. The van der Waals surface area contributed by atoms with Gasteiger partial charge in [0.25, 0.3) is 5.91 Å². The zero-order chi connectivity index (χ0) is 18.5. The van der Waals surface area contributed by atoms with Gasteiger partial charge >= 0.3 is 0 Å². The van der Waals surface area contributed by atoms with Crippen LogP contribution in [0.1, 0.15) is 22.8 Å². The first-order valence-corrected chi connectivity index (χ1v) is 9.14. The number of benzene rings is 2. The fourth-order valence-electron chi connectivity index (χ4n) is 3.35. The Balaban J connectivity index is 1.81. The molecule has 1 N–H and O–H groups in total. The third-order valence-electron chi connectivity index (χ3n) is 4.91. The Morgan fingerprint density at radius 3 is 2.54 bits per heavy atom. The fraction of sp³-hybridized carbons (Fsp3) is 0.381. The van der Waals surface area contributed by atoms with Gasteiger partial charge in [-0.3, -0.25) is 4.79 Å². The van der Waals surface area contributed by atoms with Crippen LogP contribution in [0.15, 0.2) is 42.5 Å². The normalized spacial score (nSPS) is 15.0. The van der Waals surface area contributed by atoms with Crippen LogP contribution in [0.4, 0.5) is 11.4 Å². The molecule has 26 heavy (non-hydrogen) atoms. The number of ether oxygens (including phenoxy) is 1. The number of nitrogens with one attached hydrogen (secondary N) is 1. The lowest BCUT2D eigenvalue weighted by atomic mass is 10.1. The molecule has 1 saturated heterocycles. The number of aryl methyl sites for hydroxylation is 1. The number of hydrogen-bond donors (Lipinski definition) is 1. The van der Waals surface area contributed by atoms with Crippen molar-refractivity contribution in [1.29, 1.82) is 0 Å². The van der Waals surface area contributed by atoms with Crippen LogP contribution >= 0.6 is 0 Å². The molecule has 2 aromatic rings. The molecular formula is C21H27N3O2. The van der Waals surface area contributed by atoms with E-state index in [1.165, 1.54) is 0 Å². The average Bonchev–Trinajstić information content (AvgIpc) is 2.68. The van der Waals surface area contributed by atoms with Crippen molar-refractivity contribution in [3.05, 3.63) is 53.6 Å². The maximum Gasteiger partial charge on any atom is 0.259 e. The molecule has 0 radical (unpaired) electrons. The second-order valence-electron chi connectivity index (χ2n) is 6.60. The van der Waals surface area contributed by atoms with Crippen LogP contribution in [0.5, 0.6) is 5.75 Å². The Morgan fingerprint density at radius 2 is 1.85 bits per heavy atom. The van der Waals surface area contributed by atoms with E-state index in [4.69, 9.17) is 4.74 Å². The molecule has 0 aliphatic carbocycles. The lowest BCUT2D eigenvalue weighted by Crippen LogP contribution is -2.46. The number of amides is 1. The van der Waals surface area contributed by atoms with Gasteiger partial charge in [0, 0.05) is 26.2 Å². The highest BCUT2D eigenvalue weighted by molar-refractivity contribution is 6.07. The third kappa shape index (κ3) is 3.99. The van der Waals surface area contributed by atoms with Gasteiger partial charge in [0.2, 0.25) is 0 Å². The maximum atomic E-state index is 12.9. The van der Waals surface area contributed by atoms with Gasteiger partial charge in [-0.2, -0.15) is 0 Å². The van der Waals surface area contributed by atoms with Crippen molar-refractivity contribution in [1.82, 2.24) is 4.90 Å². The molecule has 1 aliphatic rings. The van der Waals surface area contributed by atoms with Crippen LogP contribution in [0, 0.1) is 6.92 Å². The molecule has 1 fully saturated rings. The Labute approximate surface area is 155 Å². The van der Waals surface area contributed by atoms with Crippen LogP contribution in [0.25, 0.3) is 0 Å². The number of piperazine rings is 1. The molecule has 5 nitrogen and oxygen atoms in total. The van der Waals surface area contributed by atoms with Gasteiger partial charge in [-0.25, -0.2) is 0 Å². The lowest BCUT2D eigenvalue weighted by molar-refractivity contribution is 0.102. The molecule has 2 aromatic carbocycles. The smallest absolute Gasteiger partial charge is 0.259 e. The zero-order valence-corrected chi connectivity index (χ0v) is 15.8. The molecule has 1 heterocycles. The third-order valence-corrected chi connectivity index (χ3v) is 4.91. The quantitative estimate of drug-likeness (QED) is 0.895. The molecule has 1 aliphatic heterocycles. The Morgan fingerprint density at radius 1 is 1.12 bits per heavy atom. The van der Waals surface area contributed by atoms with Crippen LogP contribution in [0.3, 0.4) is 0 Å². The molecular weight excluding hydrogens is 326 g/mol. The second kappa shape index (κ2) is 8.23. The highest BCUT2D eigenvalue weighted by atomic mass is 16.5. The molecule has 0 bridgehead atoms. The van der Waals surface area contributed by atoms with Crippen molar-refractivity contribution in [3.8, 4) is 5.75 Å². The van der Waals surface area contributed by atoms with Gasteiger partial charge in [0.15, 0.2) is 0 Å². The predicted molar refractivity (Wildman–Crippen MR) is 106 cm³/mol. The van der Waals surface area contributed by atoms with Gasteiger partial charge in [-0.05, 0) is 37.7 Å². The molecule has 138 valence electrons. The monoisotopic (exact) mass is 353 g/mol. The van der Waals surface area contributed by atoms with Crippen LogP contribution in [-0.2, 0) is 0 Å². The summed E-state index contributed by atoms with van der Waals surface area (Å²) in [4.78, 5) is 17.6. The molecule has 1 amide bonds. The van der Waals surface area contributed by atoms with E-state index in [-0.39, 0.29) is 5.91 Å². The predicted octanol–water partition coefficient (Wildman–Crippen LogP) is 3.40. The van der Waals surface area contributed by atoms with E-state index in [9.17, 15) is 4.79 Å². The molecule has 0 atom stereocenters. The summed E-state index contributed by atoms with van der Waals surface area (Å²) in [6.45, 7) is 9.27. The standard InChI is InChI=1S/C21H27N3O2/c1-4-23-11-13-24(14-12-23)19-8-6-5-7-18(19)22-21(25)17-15-16(2)9-10-20(17)26-3/h5-10,15H,4,11-14H2,1-3H3,(H,22,25). The summed E-state index contributed by atoms with van der Waals surface area (Å²) in [5, 5.41) is 3.08. The number of methoxy groups -OCH3 is 1. The minimum atomic E-state index is -0.148. The van der Waals surface area contributed by atoms with E-state index < -0.39 is 0 Å². The first kappa shape index (κ1) is 18.3. The average molecular weight is 353 g/mol. The van der Waals surface area contributed by atoms with Crippen molar-refractivity contribution < 1.29 is 9.53 Å². The number of carbonyl (C=O) groups is 1. The summed E-state index contributed by atoms with van der Waals surface area (Å²) >= 11 is 0. The van der Waals surface area contributed by atoms with Crippen LogP contribution in [0.2, 0.25) is 0 Å². The minimum Gasteiger partial charge on any atom is -0.496 e. The molecule has 0 unspecified atom stereocenters. The SMILES string of the molecule is CCN1CCN(c2ccccc2NC(=O)c2cc(C)ccc2OC)CC1. The number of hydrogen-bond acceptors (Lipinski definition) is 4. The van der Waals surface area contributed by atoms with E-state index >= 15 is 0 Å². The van der Waals surface area contributed by atoms with Crippen molar-refractivity contribution in [2.45, 2.75) is 13.8 Å². The number of anilines is 2. The highest BCUT2D eigenvalue weighted by Gasteiger charge is 2.20. The van der Waals surface area contributed by atoms with Gasteiger partial charge in [-0.1, -0.05) is 30.7 Å². The number of carbonyl (C=O) groups excluding carboxylic acids is 1. The van der Waals surface area contributed by atoms with E-state index in [2.05, 4.69) is 28.1 Å². The van der Waals surface area contributed by atoms with Gasteiger partial charge < -0.3 is 19.9 Å². The number of rotatable bonds is 5. The van der Waals surface area contributed by atoms with Gasteiger partial charge in [-0.15, -0.1) is 0 Å². The van der Waals surface area contributed by atoms with E-state index in [0.29, 0.717) is 11.3 Å². The van der Waals surface area contributed by atoms with E-state index in [0.717, 1.165) is 49.7 Å². The highest BCUT2D eigenvalue weighted by Crippen LogP contribution is 2.28. The Kier molecular flexibility index (Phi) is 5.78. The molecule has 3 rings (SSSR count). The first-order chi connectivity index (χ1) is 12.6. The summed E-state index contributed by atoms with van der Waals surface area (Å²) in [6, 6.07) is 13.6. The number of para-hydroxylation sites is 2. The van der Waals surface area contributed by atoms with Gasteiger partial charge in [0.05, 0.1) is 24.0 Å². The topological polar surface area (TPSA) is 44.8 Å². The van der Waals surface area contributed by atoms with Crippen LogP contribution in [-0.4, -0.2) is 50.6 Å². The maximum absolute atomic E-state index is 12.9. The molecule has 5 heteroatoms. The minimum absolute atomic E-state index is 0.148. The fourth-order valence-corrected chi connectivity index (χ4v) is 3.35. The molecule has 0 spiro atoms. The molecule has 0 aromatic heterocycles. The summed E-state index contributed by atoms with van der Waals surface area (Å²) < 4.78 is 5.35. The molecule has 0 saturated carbocycles. The Bertz CT molecular complexity index is 768. The van der Waals surface area contributed by atoms with Gasteiger partial charge in [0.1, 0.15) is 5.75 Å². The summed E-state index contributed by atoms with van der Waals surface area (Å²) in [5.74, 6) is 0.437. The summed E-state index contributed by atoms with van der Waals surface area (Å²) in [7, 11) is 1.59. The zero-order valence-electron chi connectivity index (χ0n) is 15.8. The number of likely N-dealkylation sites (N-methyl/N-ethyl adjacent to an activating group) is 1. The van der Waals surface area contributed by atoms with Crippen LogP contribution < -0.4 is 15.0 Å². The summed E-state index contributed by atoms with van der Waals surface area (Å²) in [6.07, 6.45) is 0. The van der Waals surface area contributed by atoms with E-state index in [1.807, 2.05) is 43.3 Å². The van der Waals surface area contributed by atoms with E-state index in [1.54, 1.807) is 7.11 Å². The van der Waals surface area contributed by atoms with Crippen molar-refractivity contribution >= 4 is 17.3 Å². The van der Waals surface area contributed by atoms with Crippen molar-refractivity contribution in [2.24, 2.45) is 0 Å². The number of nitrogens with zero attached hydrogens (tertiary/aromatic N) is 2. The summed E-state index contributed by atoms with van der Waals surface area (Å²) in [5.41, 5.74) is 3.49. The Hall–Kier alpha value is -2.53. The van der Waals surface area contributed by atoms with Crippen molar-refractivity contribution in [2.75, 3.05) is 50.1 Å². The largest absolute Gasteiger partial charge is 0.496 e.